The standard InChI is InChI=1S/C14H18FN3O2/c1-4-7-16-13-17-12(19)14(2,18-13)9-5-6-11(20-3)10(15)8-9/h5-6,8H,4,7H2,1-3H3,(H2,16,17,18,19). The molecule has 20 heavy (non-hydrogen) atoms. The second-order valence-electron chi connectivity index (χ2n) is 4.78. The molecule has 1 heterocycles. The number of ether oxygens (including phenoxy) is 1. The molecular formula is C14H18FN3O2. The van der Waals surface area contributed by atoms with Crippen LogP contribution in [0.15, 0.2) is 23.2 Å². The number of rotatable bonds is 4. The molecule has 0 spiro atoms. The van der Waals surface area contributed by atoms with Crippen molar-refractivity contribution in [2.24, 2.45) is 4.99 Å². The van der Waals surface area contributed by atoms with Crippen LogP contribution in [-0.4, -0.2) is 25.5 Å². The Labute approximate surface area is 117 Å². The third-order valence-corrected chi connectivity index (χ3v) is 3.28. The first kappa shape index (κ1) is 14.3. The molecule has 1 aromatic rings. The van der Waals surface area contributed by atoms with Crippen molar-refractivity contribution in [2.75, 3.05) is 13.7 Å². The first-order chi connectivity index (χ1) is 9.51. The predicted molar refractivity (Wildman–Crippen MR) is 74.2 cm³/mol. The molecule has 2 rings (SSSR count). The van der Waals surface area contributed by atoms with E-state index in [1.807, 2.05) is 6.92 Å². The minimum absolute atomic E-state index is 0.149. The Morgan fingerprint density at radius 2 is 2.20 bits per heavy atom. The van der Waals surface area contributed by atoms with Gasteiger partial charge in [-0.05, 0) is 31.0 Å². The van der Waals surface area contributed by atoms with E-state index in [0.29, 0.717) is 18.1 Å². The van der Waals surface area contributed by atoms with Gasteiger partial charge < -0.3 is 10.1 Å². The molecule has 0 aliphatic carbocycles. The summed E-state index contributed by atoms with van der Waals surface area (Å²) in [7, 11) is 1.40. The van der Waals surface area contributed by atoms with Crippen LogP contribution in [0, 0.1) is 5.82 Å². The SMILES string of the molecule is CCCN=C1NC(=O)C(C)(c2ccc(OC)c(F)c2)N1. The molecule has 0 saturated carbocycles. The van der Waals surface area contributed by atoms with Crippen molar-refractivity contribution < 1.29 is 13.9 Å². The quantitative estimate of drug-likeness (QED) is 0.878. The van der Waals surface area contributed by atoms with E-state index >= 15 is 0 Å². The van der Waals surface area contributed by atoms with Crippen molar-refractivity contribution in [1.29, 1.82) is 0 Å². The molecule has 0 aromatic heterocycles. The van der Waals surface area contributed by atoms with Crippen molar-refractivity contribution in [3.8, 4) is 5.75 Å². The van der Waals surface area contributed by atoms with Crippen LogP contribution < -0.4 is 15.4 Å². The average Bonchev–Trinajstić information content (AvgIpc) is 2.73. The molecular weight excluding hydrogens is 261 g/mol. The summed E-state index contributed by atoms with van der Waals surface area (Å²) in [4.78, 5) is 16.4. The Bertz CT molecular complexity index is 559. The first-order valence-electron chi connectivity index (χ1n) is 6.49. The summed E-state index contributed by atoms with van der Waals surface area (Å²) >= 11 is 0. The number of halogens is 1. The van der Waals surface area contributed by atoms with Gasteiger partial charge in [-0.2, -0.15) is 0 Å². The fraction of sp³-hybridized carbons (Fsp3) is 0.429. The number of benzene rings is 1. The summed E-state index contributed by atoms with van der Waals surface area (Å²) in [5.74, 6) is -0.178. The predicted octanol–water partition coefficient (Wildman–Crippen LogP) is 1.53. The number of hydrogen-bond donors (Lipinski definition) is 2. The van der Waals surface area contributed by atoms with Gasteiger partial charge in [0.15, 0.2) is 17.5 Å². The van der Waals surface area contributed by atoms with Gasteiger partial charge in [-0.25, -0.2) is 4.39 Å². The lowest BCUT2D eigenvalue weighted by Gasteiger charge is -2.22. The molecule has 2 N–H and O–H groups in total. The number of aliphatic imine (C=N–C) groups is 1. The number of carbonyl (C=O) groups excluding carboxylic acids is 1. The van der Waals surface area contributed by atoms with E-state index in [1.54, 1.807) is 13.0 Å². The minimum Gasteiger partial charge on any atom is -0.494 e. The zero-order valence-electron chi connectivity index (χ0n) is 11.8. The average molecular weight is 279 g/mol. The Hall–Kier alpha value is -2.11. The molecule has 1 saturated heterocycles. The summed E-state index contributed by atoms with van der Waals surface area (Å²) in [6, 6.07) is 4.47. The molecule has 0 radical (unpaired) electrons. The molecule has 5 nitrogen and oxygen atoms in total. The van der Waals surface area contributed by atoms with Crippen molar-refractivity contribution in [3.63, 3.8) is 0 Å². The zero-order valence-corrected chi connectivity index (χ0v) is 11.8. The largest absolute Gasteiger partial charge is 0.494 e. The second kappa shape index (κ2) is 5.48. The van der Waals surface area contributed by atoms with Gasteiger partial charge in [-0.1, -0.05) is 13.0 Å². The van der Waals surface area contributed by atoms with Gasteiger partial charge in [0.2, 0.25) is 0 Å². The maximum absolute atomic E-state index is 13.8. The van der Waals surface area contributed by atoms with E-state index < -0.39 is 11.4 Å². The van der Waals surface area contributed by atoms with Crippen LogP contribution in [-0.2, 0) is 10.3 Å². The highest BCUT2D eigenvalue weighted by Gasteiger charge is 2.42. The van der Waals surface area contributed by atoms with Gasteiger partial charge in [0, 0.05) is 6.54 Å². The minimum atomic E-state index is -1.03. The van der Waals surface area contributed by atoms with E-state index in [-0.39, 0.29) is 11.7 Å². The van der Waals surface area contributed by atoms with Crippen molar-refractivity contribution in [2.45, 2.75) is 25.8 Å². The molecule has 1 aromatic carbocycles. The molecule has 1 atom stereocenters. The van der Waals surface area contributed by atoms with Gasteiger partial charge in [-0.15, -0.1) is 0 Å². The number of hydrogen-bond acceptors (Lipinski definition) is 3. The summed E-state index contributed by atoms with van der Waals surface area (Å²) in [5.41, 5.74) is -0.505. The molecule has 1 aliphatic heterocycles. The monoisotopic (exact) mass is 279 g/mol. The summed E-state index contributed by atoms with van der Waals surface area (Å²) in [6.07, 6.45) is 0.884. The van der Waals surface area contributed by atoms with Crippen LogP contribution in [0.4, 0.5) is 4.39 Å². The fourth-order valence-corrected chi connectivity index (χ4v) is 2.04. The topological polar surface area (TPSA) is 62.7 Å². The Morgan fingerprint density at radius 3 is 2.80 bits per heavy atom. The molecule has 1 amide bonds. The Balaban J connectivity index is 2.31. The second-order valence-corrected chi connectivity index (χ2v) is 4.78. The molecule has 1 fully saturated rings. The summed E-state index contributed by atoms with van der Waals surface area (Å²) < 4.78 is 18.7. The molecule has 0 bridgehead atoms. The van der Waals surface area contributed by atoms with Crippen molar-refractivity contribution in [3.05, 3.63) is 29.6 Å². The van der Waals surface area contributed by atoms with Gasteiger partial charge >= 0.3 is 0 Å². The molecule has 108 valence electrons. The number of methoxy groups -OCH3 is 1. The Morgan fingerprint density at radius 1 is 1.45 bits per heavy atom. The van der Waals surface area contributed by atoms with Gasteiger partial charge in [0.05, 0.1) is 7.11 Å². The summed E-state index contributed by atoms with van der Waals surface area (Å²) in [6.45, 7) is 4.31. The van der Waals surface area contributed by atoms with E-state index in [1.165, 1.54) is 19.2 Å². The highest BCUT2D eigenvalue weighted by atomic mass is 19.1. The van der Waals surface area contributed by atoms with Crippen molar-refractivity contribution in [1.82, 2.24) is 10.6 Å². The normalized spacial score (nSPS) is 23.6. The van der Waals surface area contributed by atoms with Gasteiger partial charge in [0.1, 0.15) is 5.54 Å². The van der Waals surface area contributed by atoms with Gasteiger partial charge in [0.25, 0.3) is 5.91 Å². The maximum Gasteiger partial charge on any atom is 0.256 e. The lowest BCUT2D eigenvalue weighted by atomic mass is 9.92. The number of carbonyl (C=O) groups is 1. The van der Waals surface area contributed by atoms with Crippen LogP contribution in [0.3, 0.4) is 0 Å². The summed E-state index contributed by atoms with van der Waals surface area (Å²) in [5, 5.41) is 5.69. The highest BCUT2D eigenvalue weighted by molar-refractivity contribution is 6.09. The number of guanidine groups is 1. The van der Waals surface area contributed by atoms with E-state index in [0.717, 1.165) is 6.42 Å². The van der Waals surface area contributed by atoms with Crippen LogP contribution in [0.1, 0.15) is 25.8 Å². The van der Waals surface area contributed by atoms with Crippen LogP contribution in [0.2, 0.25) is 0 Å². The first-order valence-corrected chi connectivity index (χ1v) is 6.49. The van der Waals surface area contributed by atoms with E-state index in [9.17, 15) is 9.18 Å². The number of nitrogens with zero attached hydrogens (tertiary/aromatic N) is 1. The number of nitrogens with one attached hydrogen (secondary N) is 2. The molecule has 6 heteroatoms. The van der Waals surface area contributed by atoms with Crippen LogP contribution in [0.5, 0.6) is 5.75 Å². The number of amides is 1. The lowest BCUT2D eigenvalue weighted by molar-refractivity contribution is -0.123. The zero-order chi connectivity index (χ0) is 14.8. The van der Waals surface area contributed by atoms with Crippen LogP contribution >= 0.6 is 0 Å². The van der Waals surface area contributed by atoms with Crippen LogP contribution in [0.25, 0.3) is 0 Å². The van der Waals surface area contributed by atoms with Crippen molar-refractivity contribution >= 4 is 11.9 Å². The lowest BCUT2D eigenvalue weighted by Crippen LogP contribution is -2.40. The third-order valence-electron chi connectivity index (χ3n) is 3.28. The third kappa shape index (κ3) is 2.45. The molecule has 1 aliphatic rings. The fourth-order valence-electron chi connectivity index (χ4n) is 2.04. The maximum atomic E-state index is 13.8. The Kier molecular flexibility index (Phi) is 3.92. The molecule has 1 unspecified atom stereocenters. The smallest absolute Gasteiger partial charge is 0.256 e. The van der Waals surface area contributed by atoms with Gasteiger partial charge in [-0.3, -0.25) is 15.1 Å². The van der Waals surface area contributed by atoms with E-state index in [2.05, 4.69) is 15.6 Å². The van der Waals surface area contributed by atoms with E-state index in [4.69, 9.17) is 4.74 Å². The highest BCUT2D eigenvalue weighted by Crippen LogP contribution is 2.28.